The quantitative estimate of drug-likeness (QED) is 0.497. The highest BCUT2D eigenvalue weighted by Crippen LogP contribution is 2.55. The van der Waals surface area contributed by atoms with E-state index >= 15 is 0 Å². The zero-order valence-electron chi connectivity index (χ0n) is 17.8. The predicted octanol–water partition coefficient (Wildman–Crippen LogP) is 7.10. The van der Waals surface area contributed by atoms with Crippen LogP contribution in [0.5, 0.6) is 5.75 Å². The van der Waals surface area contributed by atoms with Crippen LogP contribution in [-0.2, 0) is 6.42 Å². The van der Waals surface area contributed by atoms with Gasteiger partial charge < -0.3 is 4.74 Å². The maximum atomic E-state index is 13.6. The van der Waals surface area contributed by atoms with Crippen LogP contribution < -0.4 is 4.74 Å². The third kappa shape index (κ3) is 3.97. The molecule has 0 bridgehead atoms. The van der Waals surface area contributed by atoms with Crippen molar-refractivity contribution in [2.24, 2.45) is 22.2 Å². The largest absolute Gasteiger partial charge is 0.497 e. The first-order valence-electron chi connectivity index (χ1n) is 11.0. The van der Waals surface area contributed by atoms with Crippen molar-refractivity contribution in [2.75, 3.05) is 7.11 Å². The Kier molecular flexibility index (Phi) is 5.76. The molecule has 0 amide bonds. The van der Waals surface area contributed by atoms with E-state index in [2.05, 4.69) is 38.3 Å². The smallest absolute Gasteiger partial charge is 0.125 e. The Morgan fingerprint density at radius 1 is 1.21 bits per heavy atom. The lowest BCUT2D eigenvalue weighted by atomic mass is 9.54. The molecule has 2 aromatic carbocycles. The van der Waals surface area contributed by atoms with E-state index in [-0.39, 0.29) is 11.2 Å². The highest BCUT2D eigenvalue weighted by Gasteiger charge is 2.47. The zero-order chi connectivity index (χ0) is 20.4. The van der Waals surface area contributed by atoms with Crippen LogP contribution in [0.15, 0.2) is 47.5 Å². The van der Waals surface area contributed by atoms with Gasteiger partial charge in [0, 0.05) is 11.6 Å². The van der Waals surface area contributed by atoms with Gasteiger partial charge in [0.15, 0.2) is 0 Å². The molecule has 2 aromatic rings. The molecule has 2 aliphatic rings. The van der Waals surface area contributed by atoms with Gasteiger partial charge in [0.05, 0.1) is 12.8 Å². The topological polar surface area (TPSA) is 21.6 Å². The summed E-state index contributed by atoms with van der Waals surface area (Å²) in [7, 11) is 1.74. The Balaban J connectivity index is 1.62. The van der Waals surface area contributed by atoms with E-state index in [1.807, 2.05) is 6.07 Å². The average Bonchev–Trinajstić information content (AvgIpc) is 2.74. The van der Waals surface area contributed by atoms with Crippen LogP contribution >= 0.6 is 0 Å². The van der Waals surface area contributed by atoms with Gasteiger partial charge in [-0.05, 0) is 91.3 Å². The third-order valence-electron chi connectivity index (χ3n) is 7.29. The summed E-state index contributed by atoms with van der Waals surface area (Å²) in [5, 5.41) is 0. The van der Waals surface area contributed by atoms with Crippen LogP contribution in [0, 0.1) is 23.1 Å². The van der Waals surface area contributed by atoms with Gasteiger partial charge in [0.25, 0.3) is 0 Å². The van der Waals surface area contributed by atoms with Gasteiger partial charge in [0.2, 0.25) is 0 Å². The number of nitrogens with zero attached hydrogens (tertiary/aromatic N) is 1. The summed E-state index contributed by atoms with van der Waals surface area (Å²) in [6.07, 6.45) is 9.23. The van der Waals surface area contributed by atoms with E-state index in [0.717, 1.165) is 18.6 Å². The molecule has 154 valence electrons. The molecule has 29 heavy (non-hydrogen) atoms. The van der Waals surface area contributed by atoms with Crippen molar-refractivity contribution < 1.29 is 9.13 Å². The van der Waals surface area contributed by atoms with E-state index in [1.54, 1.807) is 13.2 Å². The highest BCUT2D eigenvalue weighted by molar-refractivity contribution is 5.70. The van der Waals surface area contributed by atoms with Crippen molar-refractivity contribution in [1.82, 2.24) is 0 Å². The molecule has 0 radical (unpaired) electrons. The molecule has 0 aliphatic heterocycles. The second-order valence-corrected chi connectivity index (χ2v) is 9.05. The van der Waals surface area contributed by atoms with E-state index in [9.17, 15) is 4.39 Å². The van der Waals surface area contributed by atoms with E-state index < -0.39 is 0 Å². The second-order valence-electron chi connectivity index (χ2n) is 9.05. The van der Waals surface area contributed by atoms with E-state index in [1.165, 1.54) is 48.9 Å². The van der Waals surface area contributed by atoms with Gasteiger partial charge in [-0.25, -0.2) is 4.39 Å². The van der Waals surface area contributed by atoms with Gasteiger partial charge >= 0.3 is 0 Å². The lowest BCUT2D eigenvalue weighted by molar-refractivity contribution is 0.0784. The number of hydrogen-bond donors (Lipinski definition) is 0. The fraction of sp³-hybridized carbons (Fsp3) is 0.500. The standard InChI is InChI=1S/C26H32FNO/c1-4-6-25-24-11-9-18-15-21(29-3)10-12-22(18)23(24)13-14-26(25,2)17-28-20-8-5-7-19(27)16-20/h5,7-8,10,12,15-17,23-25H,4,6,9,11,13-14H2,1-3H3/t23-,24-,25+,26-/m1/s1. The molecular weight excluding hydrogens is 361 g/mol. The third-order valence-corrected chi connectivity index (χ3v) is 7.29. The highest BCUT2D eigenvalue weighted by atomic mass is 19.1. The summed E-state index contributed by atoms with van der Waals surface area (Å²) in [5.74, 6) is 2.68. The van der Waals surface area contributed by atoms with Crippen molar-refractivity contribution in [3.05, 3.63) is 59.4 Å². The number of ether oxygens (including phenoxy) is 1. The minimum Gasteiger partial charge on any atom is -0.497 e. The van der Waals surface area contributed by atoms with E-state index in [4.69, 9.17) is 9.73 Å². The van der Waals surface area contributed by atoms with Crippen molar-refractivity contribution in [3.63, 3.8) is 0 Å². The molecular formula is C26H32FNO. The van der Waals surface area contributed by atoms with Crippen LogP contribution in [-0.4, -0.2) is 13.3 Å². The summed E-state index contributed by atoms with van der Waals surface area (Å²) in [5.41, 5.74) is 3.78. The first-order chi connectivity index (χ1) is 14.0. The Hall–Kier alpha value is -2.16. The van der Waals surface area contributed by atoms with Crippen molar-refractivity contribution in [1.29, 1.82) is 0 Å². The van der Waals surface area contributed by atoms with Crippen molar-refractivity contribution in [3.8, 4) is 5.75 Å². The number of halogens is 1. The molecule has 2 aliphatic carbocycles. The number of hydrogen-bond acceptors (Lipinski definition) is 2. The van der Waals surface area contributed by atoms with Crippen LogP contribution in [0.3, 0.4) is 0 Å². The lowest BCUT2D eigenvalue weighted by Crippen LogP contribution is -2.43. The average molecular weight is 394 g/mol. The predicted molar refractivity (Wildman–Crippen MR) is 118 cm³/mol. The summed E-state index contributed by atoms with van der Waals surface area (Å²) < 4.78 is 19.0. The van der Waals surface area contributed by atoms with Crippen LogP contribution in [0.25, 0.3) is 0 Å². The number of fused-ring (bicyclic) bond motifs is 3. The Labute approximate surface area is 174 Å². The first-order valence-corrected chi connectivity index (χ1v) is 11.0. The normalized spacial score (nSPS) is 28.8. The SMILES string of the molecule is CCC[C@H]1[C@@H]2CCc3cc(OC)ccc3[C@H]2CC[C@]1(C)C=Nc1cccc(F)c1. The second kappa shape index (κ2) is 8.30. The zero-order valence-corrected chi connectivity index (χ0v) is 17.8. The fourth-order valence-electron chi connectivity index (χ4n) is 5.83. The maximum absolute atomic E-state index is 13.6. The van der Waals surface area contributed by atoms with Crippen LogP contribution in [0.1, 0.15) is 63.0 Å². The molecule has 0 heterocycles. The molecule has 1 saturated carbocycles. The van der Waals surface area contributed by atoms with Crippen molar-refractivity contribution >= 4 is 11.9 Å². The van der Waals surface area contributed by atoms with Gasteiger partial charge in [-0.1, -0.05) is 32.4 Å². The Bertz CT molecular complexity index is 892. The van der Waals surface area contributed by atoms with Crippen LogP contribution in [0.2, 0.25) is 0 Å². The molecule has 0 N–H and O–H groups in total. The monoisotopic (exact) mass is 393 g/mol. The van der Waals surface area contributed by atoms with Crippen molar-refractivity contribution in [2.45, 2.75) is 58.3 Å². The number of benzene rings is 2. The maximum Gasteiger partial charge on any atom is 0.125 e. The summed E-state index contributed by atoms with van der Waals surface area (Å²) in [6.45, 7) is 4.66. The Morgan fingerprint density at radius 3 is 2.83 bits per heavy atom. The Morgan fingerprint density at radius 2 is 2.07 bits per heavy atom. The minimum atomic E-state index is -0.224. The van der Waals surface area contributed by atoms with Gasteiger partial charge in [0.1, 0.15) is 11.6 Å². The van der Waals surface area contributed by atoms with Gasteiger partial charge in [-0.15, -0.1) is 0 Å². The number of aliphatic imine (C=N–C) groups is 1. The first kappa shape index (κ1) is 20.1. The number of rotatable bonds is 5. The molecule has 1 fully saturated rings. The summed E-state index contributed by atoms with van der Waals surface area (Å²) in [4.78, 5) is 4.72. The minimum absolute atomic E-state index is 0.0630. The van der Waals surface area contributed by atoms with Crippen LogP contribution in [0.4, 0.5) is 10.1 Å². The molecule has 0 aromatic heterocycles. The number of aryl methyl sites for hydroxylation is 1. The molecule has 0 saturated heterocycles. The molecule has 0 unspecified atom stereocenters. The van der Waals surface area contributed by atoms with Gasteiger partial charge in [-0.2, -0.15) is 0 Å². The number of methoxy groups -OCH3 is 1. The van der Waals surface area contributed by atoms with E-state index in [0.29, 0.717) is 23.4 Å². The molecule has 4 rings (SSSR count). The molecule has 3 heteroatoms. The molecule has 4 atom stereocenters. The summed E-state index contributed by atoms with van der Waals surface area (Å²) in [6, 6.07) is 13.3. The van der Waals surface area contributed by atoms with Gasteiger partial charge in [-0.3, -0.25) is 4.99 Å². The molecule has 0 spiro atoms. The summed E-state index contributed by atoms with van der Waals surface area (Å²) >= 11 is 0. The lowest BCUT2D eigenvalue weighted by Gasteiger charge is -2.50. The fourth-order valence-corrected chi connectivity index (χ4v) is 5.83. The molecule has 2 nitrogen and oxygen atoms in total.